The van der Waals surface area contributed by atoms with Crippen molar-refractivity contribution in [2.75, 3.05) is 0 Å². The molecule has 0 spiro atoms. The summed E-state index contributed by atoms with van der Waals surface area (Å²) in [6, 6.07) is 8.46. The molecule has 102 valence electrons. The van der Waals surface area contributed by atoms with Crippen LogP contribution in [0.1, 0.15) is 0 Å². The molecule has 0 saturated carbocycles. The third-order valence-electron chi connectivity index (χ3n) is 3.44. The second kappa shape index (κ2) is 4.12. The van der Waals surface area contributed by atoms with Crippen molar-refractivity contribution in [2.24, 2.45) is 14.1 Å². The van der Waals surface area contributed by atoms with Crippen LogP contribution in [0.3, 0.4) is 0 Å². The number of hydrogen-bond acceptors (Lipinski definition) is 3. The molecule has 0 aliphatic rings. The number of aryl methyl sites for hydroxylation is 1. The van der Waals surface area contributed by atoms with Crippen LogP contribution in [0.25, 0.3) is 22.3 Å². The van der Waals surface area contributed by atoms with E-state index in [-0.39, 0.29) is 11.3 Å². The van der Waals surface area contributed by atoms with Crippen LogP contribution in [0.15, 0.2) is 39.9 Å². The maximum atomic E-state index is 12.1. The molecule has 2 aromatic heterocycles. The summed E-state index contributed by atoms with van der Waals surface area (Å²) in [5.41, 5.74) is 0.861. The Labute approximate surface area is 113 Å². The second-order valence-electron chi connectivity index (χ2n) is 4.67. The van der Waals surface area contributed by atoms with Gasteiger partial charge < -0.3 is 10.1 Å². The van der Waals surface area contributed by atoms with E-state index in [9.17, 15) is 14.7 Å². The fourth-order valence-electron chi connectivity index (χ4n) is 2.31. The van der Waals surface area contributed by atoms with Gasteiger partial charge >= 0.3 is 5.69 Å². The van der Waals surface area contributed by atoms with Gasteiger partial charge in [0.05, 0.1) is 11.1 Å². The van der Waals surface area contributed by atoms with Gasteiger partial charge in [0.15, 0.2) is 0 Å². The molecular weight excluding hydrogens is 258 g/mol. The number of hydrogen-bond donors (Lipinski definition) is 2. The molecule has 6 nitrogen and oxygen atoms in total. The Balaban J connectivity index is 2.41. The first-order valence-corrected chi connectivity index (χ1v) is 6.08. The van der Waals surface area contributed by atoms with Crippen molar-refractivity contribution in [3.8, 4) is 17.0 Å². The fourth-order valence-corrected chi connectivity index (χ4v) is 2.31. The van der Waals surface area contributed by atoms with E-state index < -0.39 is 5.69 Å². The zero-order valence-electron chi connectivity index (χ0n) is 11.0. The van der Waals surface area contributed by atoms with Crippen molar-refractivity contribution < 1.29 is 5.11 Å². The number of nitrogens with one attached hydrogen (secondary N) is 1. The lowest BCUT2D eigenvalue weighted by Crippen LogP contribution is -2.36. The highest BCUT2D eigenvalue weighted by atomic mass is 16.3. The minimum atomic E-state index is -0.395. The monoisotopic (exact) mass is 271 g/mol. The number of aromatic hydroxyl groups is 1. The van der Waals surface area contributed by atoms with E-state index in [1.54, 1.807) is 37.4 Å². The van der Waals surface area contributed by atoms with Gasteiger partial charge in [-0.2, -0.15) is 0 Å². The van der Waals surface area contributed by atoms with E-state index in [0.717, 1.165) is 4.57 Å². The highest BCUT2D eigenvalue weighted by Crippen LogP contribution is 2.29. The number of benzene rings is 1. The van der Waals surface area contributed by atoms with Gasteiger partial charge in [0.2, 0.25) is 0 Å². The van der Waals surface area contributed by atoms with E-state index in [2.05, 4.69) is 4.98 Å². The average Bonchev–Trinajstić information content (AvgIpc) is 2.88. The Morgan fingerprint density at radius 2 is 1.80 bits per heavy atom. The molecule has 0 aliphatic heterocycles. The number of para-hydroxylation sites is 1. The van der Waals surface area contributed by atoms with Crippen LogP contribution in [-0.4, -0.2) is 19.2 Å². The number of phenolic OH excluding ortho intramolecular Hbond substituents is 1. The quantitative estimate of drug-likeness (QED) is 0.691. The maximum Gasteiger partial charge on any atom is 0.332 e. The Hall–Kier alpha value is -2.76. The SMILES string of the molecule is Cn1c(=O)c2cc(-c3ccccc3O)[nH]c2n(C)c1=O. The first kappa shape index (κ1) is 12.3. The molecule has 0 atom stereocenters. The average molecular weight is 271 g/mol. The molecule has 2 N–H and O–H groups in total. The molecule has 0 unspecified atom stereocenters. The van der Waals surface area contributed by atoms with Crippen LogP contribution < -0.4 is 11.2 Å². The summed E-state index contributed by atoms with van der Waals surface area (Å²) >= 11 is 0. The topological polar surface area (TPSA) is 80.0 Å². The third-order valence-corrected chi connectivity index (χ3v) is 3.44. The first-order chi connectivity index (χ1) is 9.50. The number of phenols is 1. The van der Waals surface area contributed by atoms with Crippen molar-refractivity contribution in [3.63, 3.8) is 0 Å². The summed E-state index contributed by atoms with van der Waals surface area (Å²) in [5, 5.41) is 10.3. The Kier molecular flexibility index (Phi) is 2.53. The number of aromatic amines is 1. The Morgan fingerprint density at radius 1 is 1.10 bits per heavy atom. The van der Waals surface area contributed by atoms with Crippen LogP contribution in [0, 0.1) is 0 Å². The summed E-state index contributed by atoms with van der Waals surface area (Å²) in [6.45, 7) is 0. The van der Waals surface area contributed by atoms with E-state index in [4.69, 9.17) is 0 Å². The molecule has 0 fully saturated rings. The lowest BCUT2D eigenvalue weighted by Gasteiger charge is -2.03. The van der Waals surface area contributed by atoms with Crippen LogP contribution in [-0.2, 0) is 14.1 Å². The Bertz CT molecular complexity index is 931. The molecule has 0 amide bonds. The lowest BCUT2D eigenvalue weighted by atomic mass is 10.1. The van der Waals surface area contributed by atoms with E-state index >= 15 is 0 Å². The van der Waals surface area contributed by atoms with Crippen LogP contribution >= 0.6 is 0 Å². The van der Waals surface area contributed by atoms with E-state index in [0.29, 0.717) is 22.3 Å². The Morgan fingerprint density at radius 3 is 2.50 bits per heavy atom. The van der Waals surface area contributed by atoms with E-state index in [1.165, 1.54) is 11.6 Å². The summed E-state index contributed by atoms with van der Waals surface area (Å²) in [6.07, 6.45) is 0. The van der Waals surface area contributed by atoms with Gasteiger partial charge in [-0.1, -0.05) is 12.1 Å². The number of nitrogens with zero attached hydrogens (tertiary/aromatic N) is 2. The minimum Gasteiger partial charge on any atom is -0.507 e. The van der Waals surface area contributed by atoms with Crippen molar-refractivity contribution >= 4 is 11.0 Å². The summed E-state index contributed by atoms with van der Waals surface area (Å²) in [4.78, 5) is 27.0. The predicted molar refractivity (Wildman–Crippen MR) is 75.9 cm³/mol. The van der Waals surface area contributed by atoms with Crippen molar-refractivity contribution in [1.29, 1.82) is 0 Å². The zero-order valence-corrected chi connectivity index (χ0v) is 11.0. The van der Waals surface area contributed by atoms with E-state index in [1.807, 2.05) is 0 Å². The molecule has 0 saturated heterocycles. The van der Waals surface area contributed by atoms with Crippen molar-refractivity contribution in [3.05, 3.63) is 51.2 Å². The fraction of sp³-hybridized carbons (Fsp3) is 0.143. The molecule has 0 radical (unpaired) electrons. The normalized spacial score (nSPS) is 11.1. The molecular formula is C14H13N3O3. The van der Waals surface area contributed by atoms with Gasteiger partial charge in [0.1, 0.15) is 11.4 Å². The van der Waals surface area contributed by atoms with Gasteiger partial charge in [0.25, 0.3) is 5.56 Å². The van der Waals surface area contributed by atoms with Crippen molar-refractivity contribution in [1.82, 2.24) is 14.1 Å². The lowest BCUT2D eigenvalue weighted by molar-refractivity contribution is 0.477. The van der Waals surface area contributed by atoms with Crippen LogP contribution in [0.4, 0.5) is 0 Å². The summed E-state index contributed by atoms with van der Waals surface area (Å²) in [5.74, 6) is 0.112. The van der Waals surface area contributed by atoms with Gasteiger partial charge in [-0.25, -0.2) is 4.79 Å². The predicted octanol–water partition coefficient (Wildman–Crippen LogP) is 0.938. The zero-order chi connectivity index (χ0) is 14.4. The maximum absolute atomic E-state index is 12.1. The number of aromatic nitrogens is 3. The molecule has 3 rings (SSSR count). The third kappa shape index (κ3) is 1.58. The van der Waals surface area contributed by atoms with Crippen LogP contribution in [0.5, 0.6) is 5.75 Å². The van der Waals surface area contributed by atoms with Crippen LogP contribution in [0.2, 0.25) is 0 Å². The first-order valence-electron chi connectivity index (χ1n) is 6.08. The molecule has 6 heteroatoms. The molecule has 1 aromatic carbocycles. The molecule has 0 bridgehead atoms. The van der Waals surface area contributed by atoms with Gasteiger partial charge in [-0.05, 0) is 18.2 Å². The second-order valence-corrected chi connectivity index (χ2v) is 4.67. The van der Waals surface area contributed by atoms with Gasteiger partial charge in [-0.3, -0.25) is 13.9 Å². The molecule has 3 aromatic rings. The standard InChI is InChI=1S/C14H13N3O3/c1-16-12-9(13(19)17(2)14(16)20)7-10(15-12)8-5-3-4-6-11(8)18/h3-7,15,18H,1-2H3. The summed E-state index contributed by atoms with van der Waals surface area (Å²) < 4.78 is 2.44. The largest absolute Gasteiger partial charge is 0.507 e. The molecule has 0 aliphatic carbocycles. The number of rotatable bonds is 1. The highest BCUT2D eigenvalue weighted by molar-refractivity contribution is 5.84. The summed E-state index contributed by atoms with van der Waals surface area (Å²) in [7, 11) is 3.03. The minimum absolute atomic E-state index is 0.112. The van der Waals surface area contributed by atoms with Gasteiger partial charge in [0, 0.05) is 19.7 Å². The van der Waals surface area contributed by atoms with Gasteiger partial charge in [-0.15, -0.1) is 0 Å². The highest BCUT2D eigenvalue weighted by Gasteiger charge is 2.13. The number of H-pyrrole nitrogens is 1. The molecule has 2 heterocycles. The molecule has 20 heavy (non-hydrogen) atoms. The smallest absolute Gasteiger partial charge is 0.332 e. The number of fused-ring (bicyclic) bond motifs is 1. The van der Waals surface area contributed by atoms with Crippen molar-refractivity contribution in [2.45, 2.75) is 0 Å².